The van der Waals surface area contributed by atoms with Crippen LogP contribution in [0.3, 0.4) is 0 Å². The average molecular weight is 285 g/mol. The zero-order valence-electron chi connectivity index (χ0n) is 11.9. The molecule has 0 unspecified atom stereocenters. The normalized spacial score (nSPS) is 15.6. The van der Waals surface area contributed by atoms with Gasteiger partial charge in [-0.2, -0.15) is 10.4 Å². The maximum atomic E-state index is 11.9. The van der Waals surface area contributed by atoms with Gasteiger partial charge in [0.15, 0.2) is 6.61 Å². The quantitative estimate of drug-likeness (QED) is 0.667. The number of nitrogens with zero attached hydrogens (tertiary/aromatic N) is 2. The molecule has 0 aliphatic heterocycles. The van der Waals surface area contributed by atoms with E-state index in [2.05, 4.69) is 10.5 Å². The van der Waals surface area contributed by atoms with Crippen LogP contribution in [0.2, 0.25) is 0 Å². The highest BCUT2D eigenvalue weighted by Crippen LogP contribution is 2.23. The number of benzene rings is 1. The number of hydrazone groups is 1. The summed E-state index contributed by atoms with van der Waals surface area (Å²) in [6, 6.07) is 9.09. The molecule has 110 valence electrons. The number of hydrogen-bond donors (Lipinski definition) is 1. The average Bonchev–Trinajstić information content (AvgIpc) is 2.55. The lowest BCUT2D eigenvalue weighted by atomic mass is 9.89. The second-order valence-electron chi connectivity index (χ2n) is 5.09. The third-order valence-electron chi connectivity index (χ3n) is 3.55. The Bertz CT molecular complexity index is 525. The Balaban J connectivity index is 1.80. The van der Waals surface area contributed by atoms with Crippen molar-refractivity contribution in [1.29, 1.82) is 5.26 Å². The van der Waals surface area contributed by atoms with Crippen molar-refractivity contribution >= 4 is 12.1 Å². The van der Waals surface area contributed by atoms with E-state index in [9.17, 15) is 4.79 Å². The van der Waals surface area contributed by atoms with Gasteiger partial charge in [-0.1, -0.05) is 19.3 Å². The molecule has 1 aromatic carbocycles. The minimum absolute atomic E-state index is 0.0138. The fourth-order valence-corrected chi connectivity index (χ4v) is 2.39. The molecule has 0 radical (unpaired) electrons. The Kier molecular flexibility index (Phi) is 5.77. The SMILES string of the molecule is N#CCOc1ccc(/C=N\NC(=O)C2CCCCC2)cc1. The number of nitriles is 1. The first kappa shape index (κ1) is 15.0. The predicted molar refractivity (Wildman–Crippen MR) is 79.9 cm³/mol. The molecule has 1 N–H and O–H groups in total. The molecular weight excluding hydrogens is 266 g/mol. The van der Waals surface area contributed by atoms with Gasteiger partial charge in [0, 0.05) is 5.92 Å². The molecule has 0 saturated heterocycles. The van der Waals surface area contributed by atoms with Crippen LogP contribution in [0.1, 0.15) is 37.7 Å². The highest BCUT2D eigenvalue weighted by atomic mass is 16.5. The standard InChI is InChI=1S/C16H19N3O2/c17-10-11-21-15-8-6-13(7-9-15)12-18-19-16(20)14-4-2-1-3-5-14/h6-9,12,14H,1-5,11H2,(H,19,20)/b18-12-. The van der Waals surface area contributed by atoms with Gasteiger partial charge in [-0.05, 0) is 42.7 Å². The van der Waals surface area contributed by atoms with Crippen LogP contribution in [0.5, 0.6) is 5.75 Å². The number of carbonyl (C=O) groups is 1. The lowest BCUT2D eigenvalue weighted by molar-refractivity contribution is -0.125. The summed E-state index contributed by atoms with van der Waals surface area (Å²) in [5, 5.41) is 12.4. The minimum atomic E-state index is 0.0138. The number of nitrogens with one attached hydrogen (secondary N) is 1. The highest BCUT2D eigenvalue weighted by Gasteiger charge is 2.20. The maximum absolute atomic E-state index is 11.9. The molecule has 1 amide bonds. The molecule has 0 bridgehead atoms. The summed E-state index contributed by atoms with van der Waals surface area (Å²) in [5.74, 6) is 0.762. The third-order valence-corrected chi connectivity index (χ3v) is 3.55. The van der Waals surface area contributed by atoms with Crippen molar-refractivity contribution in [3.63, 3.8) is 0 Å². The van der Waals surface area contributed by atoms with E-state index < -0.39 is 0 Å². The summed E-state index contributed by atoms with van der Waals surface area (Å²) in [6.45, 7) is 0.0326. The molecule has 2 rings (SSSR count). The van der Waals surface area contributed by atoms with Crippen molar-refractivity contribution in [3.8, 4) is 11.8 Å². The van der Waals surface area contributed by atoms with Crippen LogP contribution >= 0.6 is 0 Å². The highest BCUT2D eigenvalue weighted by molar-refractivity contribution is 5.83. The second kappa shape index (κ2) is 8.05. The Morgan fingerprint density at radius 2 is 2.05 bits per heavy atom. The van der Waals surface area contributed by atoms with E-state index in [-0.39, 0.29) is 18.4 Å². The van der Waals surface area contributed by atoms with E-state index in [0.29, 0.717) is 5.75 Å². The van der Waals surface area contributed by atoms with Gasteiger partial charge in [0.05, 0.1) is 6.21 Å². The van der Waals surface area contributed by atoms with Crippen LogP contribution in [0.15, 0.2) is 29.4 Å². The van der Waals surface area contributed by atoms with E-state index in [1.165, 1.54) is 6.42 Å². The van der Waals surface area contributed by atoms with Crippen molar-refractivity contribution in [1.82, 2.24) is 5.43 Å². The van der Waals surface area contributed by atoms with Crippen LogP contribution in [-0.4, -0.2) is 18.7 Å². The first-order valence-corrected chi connectivity index (χ1v) is 7.22. The van der Waals surface area contributed by atoms with Gasteiger partial charge >= 0.3 is 0 Å². The van der Waals surface area contributed by atoms with E-state index in [4.69, 9.17) is 10.00 Å². The summed E-state index contributed by atoms with van der Waals surface area (Å²) in [7, 11) is 0. The van der Waals surface area contributed by atoms with E-state index >= 15 is 0 Å². The van der Waals surface area contributed by atoms with Gasteiger partial charge in [-0.15, -0.1) is 0 Å². The van der Waals surface area contributed by atoms with Gasteiger partial charge in [-0.3, -0.25) is 4.79 Å². The fraction of sp³-hybridized carbons (Fsp3) is 0.438. The van der Waals surface area contributed by atoms with Crippen molar-refractivity contribution in [2.75, 3.05) is 6.61 Å². The Morgan fingerprint density at radius 1 is 1.33 bits per heavy atom. The van der Waals surface area contributed by atoms with Crippen molar-refractivity contribution in [3.05, 3.63) is 29.8 Å². The Hall–Kier alpha value is -2.35. The summed E-state index contributed by atoms with van der Waals surface area (Å²) >= 11 is 0. The minimum Gasteiger partial charge on any atom is -0.479 e. The molecule has 1 fully saturated rings. The molecule has 5 nitrogen and oxygen atoms in total. The topological polar surface area (TPSA) is 74.5 Å². The van der Waals surface area contributed by atoms with E-state index in [0.717, 1.165) is 31.2 Å². The molecule has 0 spiro atoms. The van der Waals surface area contributed by atoms with Gasteiger partial charge in [-0.25, -0.2) is 5.43 Å². The molecule has 1 saturated carbocycles. The monoisotopic (exact) mass is 285 g/mol. The molecule has 0 aromatic heterocycles. The number of ether oxygens (including phenoxy) is 1. The van der Waals surface area contributed by atoms with Gasteiger partial charge in [0.2, 0.25) is 5.91 Å². The summed E-state index contributed by atoms with van der Waals surface area (Å²) in [6.07, 6.45) is 7.03. The second-order valence-corrected chi connectivity index (χ2v) is 5.09. The largest absolute Gasteiger partial charge is 0.479 e. The van der Waals surface area contributed by atoms with Crippen molar-refractivity contribution in [2.24, 2.45) is 11.0 Å². The van der Waals surface area contributed by atoms with Crippen molar-refractivity contribution < 1.29 is 9.53 Å². The number of hydrogen-bond acceptors (Lipinski definition) is 4. The van der Waals surface area contributed by atoms with Gasteiger partial charge in [0.25, 0.3) is 0 Å². The number of amides is 1. The molecule has 0 heterocycles. The lowest BCUT2D eigenvalue weighted by Crippen LogP contribution is -2.28. The van der Waals surface area contributed by atoms with Crippen LogP contribution in [0, 0.1) is 17.2 Å². The zero-order valence-corrected chi connectivity index (χ0v) is 11.9. The Labute approximate surface area is 124 Å². The zero-order chi connectivity index (χ0) is 14.9. The molecule has 0 atom stereocenters. The molecule has 1 aliphatic carbocycles. The van der Waals surface area contributed by atoms with Gasteiger partial charge < -0.3 is 4.74 Å². The molecule has 5 heteroatoms. The summed E-state index contributed by atoms with van der Waals surface area (Å²) in [4.78, 5) is 11.9. The molecule has 21 heavy (non-hydrogen) atoms. The van der Waals surface area contributed by atoms with Crippen LogP contribution in [0.25, 0.3) is 0 Å². The molecular formula is C16H19N3O2. The summed E-state index contributed by atoms with van der Waals surface area (Å²) < 4.78 is 5.16. The molecule has 1 aliphatic rings. The first-order chi connectivity index (χ1) is 10.3. The predicted octanol–water partition coefficient (Wildman–Crippen LogP) is 2.62. The number of carbonyl (C=O) groups excluding carboxylic acids is 1. The fourth-order valence-electron chi connectivity index (χ4n) is 2.39. The van der Waals surface area contributed by atoms with E-state index in [1.807, 2.05) is 18.2 Å². The van der Waals surface area contributed by atoms with Gasteiger partial charge in [0.1, 0.15) is 11.8 Å². The van der Waals surface area contributed by atoms with E-state index in [1.54, 1.807) is 18.3 Å². The lowest BCUT2D eigenvalue weighted by Gasteiger charge is -2.19. The maximum Gasteiger partial charge on any atom is 0.243 e. The van der Waals surface area contributed by atoms with Crippen molar-refractivity contribution in [2.45, 2.75) is 32.1 Å². The van der Waals surface area contributed by atoms with Crippen LogP contribution < -0.4 is 10.2 Å². The van der Waals surface area contributed by atoms with Crippen LogP contribution in [-0.2, 0) is 4.79 Å². The summed E-state index contributed by atoms with van der Waals surface area (Å²) in [5.41, 5.74) is 3.47. The third kappa shape index (κ3) is 4.92. The smallest absolute Gasteiger partial charge is 0.243 e. The first-order valence-electron chi connectivity index (χ1n) is 7.22. The van der Waals surface area contributed by atoms with Crippen LogP contribution in [0.4, 0.5) is 0 Å². The Morgan fingerprint density at radius 3 is 2.71 bits per heavy atom. The molecule has 1 aromatic rings. The number of rotatable bonds is 5.